The number of amides is 1. The smallest absolute Gasteiger partial charge is 0.264 e. The highest BCUT2D eigenvalue weighted by atomic mass is 32.2. The number of aliphatic imine (C=N–C) groups is 1. The van der Waals surface area contributed by atoms with Crippen LogP contribution in [0.5, 0.6) is 17.2 Å². The van der Waals surface area contributed by atoms with Crippen molar-refractivity contribution in [2.75, 3.05) is 21.3 Å². The molecule has 0 saturated carbocycles. The van der Waals surface area contributed by atoms with E-state index in [-0.39, 0.29) is 5.91 Å². The number of rotatable bonds is 5. The summed E-state index contributed by atoms with van der Waals surface area (Å²) in [6.07, 6.45) is 1.79. The van der Waals surface area contributed by atoms with Gasteiger partial charge in [-0.1, -0.05) is 12.1 Å². The first-order chi connectivity index (χ1) is 12.6. The second-order valence-corrected chi connectivity index (χ2v) is 6.33. The molecule has 6 nitrogen and oxygen atoms in total. The maximum absolute atomic E-state index is 12.2. The number of carbonyl (C=O) groups is 1. The minimum Gasteiger partial charge on any atom is -0.497 e. The molecule has 1 aliphatic heterocycles. The van der Waals surface area contributed by atoms with E-state index in [1.807, 2.05) is 30.3 Å². The van der Waals surface area contributed by atoms with Gasteiger partial charge in [0.2, 0.25) is 0 Å². The van der Waals surface area contributed by atoms with Gasteiger partial charge in [-0.05, 0) is 47.7 Å². The molecule has 7 heteroatoms. The first kappa shape index (κ1) is 17.9. The third kappa shape index (κ3) is 4.00. The normalized spacial score (nSPS) is 16.7. The Morgan fingerprint density at radius 1 is 1.00 bits per heavy atom. The summed E-state index contributed by atoms with van der Waals surface area (Å²) in [6.45, 7) is 0. The molecule has 1 amide bonds. The summed E-state index contributed by atoms with van der Waals surface area (Å²) in [5, 5.41) is 3.29. The predicted molar refractivity (Wildman–Crippen MR) is 103 cm³/mol. The van der Waals surface area contributed by atoms with E-state index in [1.54, 1.807) is 39.5 Å². The van der Waals surface area contributed by atoms with Crippen molar-refractivity contribution < 1.29 is 19.0 Å². The number of hydrogen-bond donors (Lipinski definition) is 1. The highest BCUT2D eigenvalue weighted by Gasteiger charge is 2.24. The summed E-state index contributed by atoms with van der Waals surface area (Å²) in [4.78, 5) is 17.2. The van der Waals surface area contributed by atoms with Gasteiger partial charge in [0.15, 0.2) is 16.7 Å². The van der Waals surface area contributed by atoms with Crippen LogP contribution in [-0.2, 0) is 4.79 Å². The number of methoxy groups -OCH3 is 3. The van der Waals surface area contributed by atoms with Gasteiger partial charge in [-0.2, -0.15) is 0 Å². The van der Waals surface area contributed by atoms with Crippen molar-refractivity contribution in [1.82, 2.24) is 5.32 Å². The van der Waals surface area contributed by atoms with E-state index in [4.69, 9.17) is 14.2 Å². The van der Waals surface area contributed by atoms with Crippen LogP contribution < -0.4 is 19.5 Å². The number of carbonyl (C=O) groups excluding carboxylic acids is 1. The molecule has 1 N–H and O–H groups in total. The Balaban J connectivity index is 1.83. The van der Waals surface area contributed by atoms with Gasteiger partial charge in [-0.3, -0.25) is 4.79 Å². The van der Waals surface area contributed by atoms with E-state index in [1.165, 1.54) is 11.8 Å². The largest absolute Gasteiger partial charge is 0.497 e. The zero-order chi connectivity index (χ0) is 18.5. The van der Waals surface area contributed by atoms with Crippen LogP contribution in [0.1, 0.15) is 5.56 Å². The van der Waals surface area contributed by atoms with Gasteiger partial charge in [0, 0.05) is 6.07 Å². The minimum absolute atomic E-state index is 0.188. The maximum Gasteiger partial charge on any atom is 0.264 e. The van der Waals surface area contributed by atoms with Crippen molar-refractivity contribution >= 4 is 34.6 Å². The van der Waals surface area contributed by atoms with Crippen LogP contribution in [0, 0.1) is 0 Å². The van der Waals surface area contributed by atoms with Crippen molar-refractivity contribution in [2.24, 2.45) is 4.99 Å². The van der Waals surface area contributed by atoms with Gasteiger partial charge in [-0.15, -0.1) is 0 Å². The first-order valence-electron chi connectivity index (χ1n) is 7.78. The lowest BCUT2D eigenvalue weighted by Crippen LogP contribution is -2.19. The summed E-state index contributed by atoms with van der Waals surface area (Å²) in [7, 11) is 4.75. The third-order valence-electron chi connectivity index (χ3n) is 3.64. The average molecular weight is 370 g/mol. The minimum atomic E-state index is -0.188. The van der Waals surface area contributed by atoms with Crippen LogP contribution in [0.3, 0.4) is 0 Å². The van der Waals surface area contributed by atoms with E-state index in [0.29, 0.717) is 33.0 Å². The Kier molecular flexibility index (Phi) is 5.48. The number of nitrogens with one attached hydrogen (secondary N) is 1. The summed E-state index contributed by atoms with van der Waals surface area (Å²) in [5.74, 6) is 1.77. The van der Waals surface area contributed by atoms with Gasteiger partial charge in [-0.25, -0.2) is 4.99 Å². The molecular weight excluding hydrogens is 352 g/mol. The lowest BCUT2D eigenvalue weighted by Gasteiger charge is -2.07. The van der Waals surface area contributed by atoms with E-state index in [2.05, 4.69) is 10.3 Å². The molecule has 0 aromatic heterocycles. The highest BCUT2D eigenvalue weighted by molar-refractivity contribution is 8.18. The molecule has 3 rings (SSSR count). The number of ether oxygens (including phenoxy) is 3. The summed E-state index contributed by atoms with van der Waals surface area (Å²) in [5.41, 5.74) is 1.54. The van der Waals surface area contributed by atoms with Crippen LogP contribution in [0.25, 0.3) is 6.08 Å². The molecule has 1 heterocycles. The lowest BCUT2D eigenvalue weighted by atomic mass is 10.2. The number of benzene rings is 2. The summed E-state index contributed by atoms with van der Waals surface area (Å²) in [6, 6.07) is 12.8. The number of nitrogens with zero attached hydrogens (tertiary/aromatic N) is 1. The van der Waals surface area contributed by atoms with Gasteiger partial charge in [0.05, 0.1) is 31.9 Å². The van der Waals surface area contributed by atoms with Gasteiger partial charge >= 0.3 is 0 Å². The first-order valence-corrected chi connectivity index (χ1v) is 8.60. The van der Waals surface area contributed by atoms with E-state index < -0.39 is 0 Å². The molecule has 0 aliphatic carbocycles. The van der Waals surface area contributed by atoms with Crippen molar-refractivity contribution in [3.05, 3.63) is 52.9 Å². The standard InChI is InChI=1S/C19H18N2O4S/c1-23-14-6-4-5-13(11-14)20-19-21-18(22)17(26-19)10-12-7-8-15(24-2)16(9-12)25-3/h4-11H,1-3H3,(H,20,21,22)/b17-10-. The quantitative estimate of drug-likeness (QED) is 0.815. The fourth-order valence-corrected chi connectivity index (χ4v) is 3.21. The summed E-state index contributed by atoms with van der Waals surface area (Å²) >= 11 is 1.28. The average Bonchev–Trinajstić information content (AvgIpc) is 3.00. The molecular formula is C19H18N2O4S. The van der Waals surface area contributed by atoms with Crippen molar-refractivity contribution in [2.45, 2.75) is 0 Å². The molecule has 1 fully saturated rings. The number of thioether (sulfide) groups is 1. The molecule has 0 unspecified atom stereocenters. The van der Waals surface area contributed by atoms with E-state index >= 15 is 0 Å². The third-order valence-corrected chi connectivity index (χ3v) is 4.55. The Hall–Kier alpha value is -2.93. The predicted octanol–water partition coefficient (Wildman–Crippen LogP) is 3.60. The van der Waals surface area contributed by atoms with Crippen LogP contribution in [-0.4, -0.2) is 32.4 Å². The van der Waals surface area contributed by atoms with Crippen LogP contribution in [0.15, 0.2) is 52.4 Å². The molecule has 1 aliphatic rings. The van der Waals surface area contributed by atoms with Crippen molar-refractivity contribution in [1.29, 1.82) is 0 Å². The second-order valence-electron chi connectivity index (χ2n) is 5.30. The Bertz CT molecular complexity index is 893. The molecule has 0 radical (unpaired) electrons. The zero-order valence-electron chi connectivity index (χ0n) is 14.6. The fourth-order valence-electron chi connectivity index (χ4n) is 2.37. The monoisotopic (exact) mass is 370 g/mol. The lowest BCUT2D eigenvalue weighted by molar-refractivity contribution is -0.115. The molecule has 0 bridgehead atoms. The van der Waals surface area contributed by atoms with Crippen molar-refractivity contribution in [3.63, 3.8) is 0 Å². The van der Waals surface area contributed by atoms with Crippen LogP contribution >= 0.6 is 11.8 Å². The molecule has 0 atom stereocenters. The number of hydrogen-bond acceptors (Lipinski definition) is 6. The molecule has 134 valence electrons. The topological polar surface area (TPSA) is 69.2 Å². The molecule has 2 aromatic carbocycles. The van der Waals surface area contributed by atoms with Gasteiger partial charge in [0.25, 0.3) is 5.91 Å². The molecule has 2 aromatic rings. The highest BCUT2D eigenvalue weighted by Crippen LogP contribution is 2.32. The molecule has 0 spiro atoms. The molecule has 1 saturated heterocycles. The zero-order valence-corrected chi connectivity index (χ0v) is 15.4. The van der Waals surface area contributed by atoms with E-state index in [9.17, 15) is 4.79 Å². The van der Waals surface area contributed by atoms with Crippen LogP contribution in [0.2, 0.25) is 0 Å². The number of amidine groups is 1. The summed E-state index contributed by atoms with van der Waals surface area (Å²) < 4.78 is 15.7. The Morgan fingerprint density at radius 2 is 1.81 bits per heavy atom. The Morgan fingerprint density at radius 3 is 2.54 bits per heavy atom. The maximum atomic E-state index is 12.2. The van der Waals surface area contributed by atoms with Gasteiger partial charge < -0.3 is 19.5 Å². The second kappa shape index (κ2) is 7.97. The van der Waals surface area contributed by atoms with Crippen LogP contribution in [0.4, 0.5) is 5.69 Å². The fraction of sp³-hybridized carbons (Fsp3) is 0.158. The van der Waals surface area contributed by atoms with Gasteiger partial charge in [0.1, 0.15) is 5.75 Å². The van der Waals surface area contributed by atoms with E-state index in [0.717, 1.165) is 5.56 Å². The Labute approximate surface area is 155 Å². The molecule has 26 heavy (non-hydrogen) atoms. The SMILES string of the molecule is COc1cccc(N=C2NC(=O)/C(=C/c3ccc(OC)c(OC)c3)S2)c1. The van der Waals surface area contributed by atoms with Crippen molar-refractivity contribution in [3.8, 4) is 17.2 Å².